The quantitative estimate of drug-likeness (QED) is 0.579. The smallest absolute Gasteiger partial charge is 0.306 e. The number of amides is 1. The summed E-state index contributed by atoms with van der Waals surface area (Å²) >= 11 is 0. The highest BCUT2D eigenvalue weighted by molar-refractivity contribution is 5.81. The van der Waals surface area contributed by atoms with Crippen LogP contribution < -0.4 is 0 Å². The maximum atomic E-state index is 12.2. The molecule has 4 heteroatoms. The maximum absolute atomic E-state index is 12.2. The summed E-state index contributed by atoms with van der Waals surface area (Å²) < 4.78 is 4.86. The van der Waals surface area contributed by atoms with Gasteiger partial charge in [0.05, 0.1) is 13.0 Å². The Morgan fingerprint density at radius 2 is 1.45 bits per heavy atom. The Balaban J connectivity index is 4.27. The normalized spacial score (nSPS) is 10.9. The van der Waals surface area contributed by atoms with Gasteiger partial charge in [-0.2, -0.15) is 0 Å². The van der Waals surface area contributed by atoms with Crippen LogP contribution >= 0.6 is 0 Å². The van der Waals surface area contributed by atoms with E-state index in [4.69, 9.17) is 4.74 Å². The fraction of sp³-hybridized carbons (Fsp3) is 0.875. The van der Waals surface area contributed by atoms with Crippen LogP contribution in [-0.4, -0.2) is 36.5 Å². The standard InChI is InChI=1S/C16H31NO3/c1-6-20-16(19)8-7-15(18)17(11-9-13(2)3)12-10-14(4)5/h13-14H,6-12H2,1-5H3. The first-order chi connectivity index (χ1) is 9.36. The minimum atomic E-state index is -0.284. The molecule has 20 heavy (non-hydrogen) atoms. The molecule has 0 spiro atoms. The van der Waals surface area contributed by atoms with Gasteiger partial charge in [0, 0.05) is 19.5 Å². The van der Waals surface area contributed by atoms with E-state index in [9.17, 15) is 9.59 Å². The fourth-order valence-corrected chi connectivity index (χ4v) is 1.79. The number of hydrogen-bond acceptors (Lipinski definition) is 3. The molecule has 0 atom stereocenters. The lowest BCUT2D eigenvalue weighted by atomic mass is 10.1. The van der Waals surface area contributed by atoms with Gasteiger partial charge in [-0.3, -0.25) is 9.59 Å². The van der Waals surface area contributed by atoms with Crippen molar-refractivity contribution >= 4 is 11.9 Å². The second-order valence-electron chi connectivity index (χ2n) is 6.05. The highest BCUT2D eigenvalue weighted by Gasteiger charge is 2.16. The van der Waals surface area contributed by atoms with E-state index in [1.807, 2.05) is 4.90 Å². The fourth-order valence-electron chi connectivity index (χ4n) is 1.79. The molecule has 4 nitrogen and oxygen atoms in total. The van der Waals surface area contributed by atoms with Crippen molar-refractivity contribution in [1.82, 2.24) is 4.90 Å². The highest BCUT2D eigenvalue weighted by Crippen LogP contribution is 2.09. The number of rotatable bonds is 10. The zero-order valence-corrected chi connectivity index (χ0v) is 13.8. The monoisotopic (exact) mass is 285 g/mol. The summed E-state index contributed by atoms with van der Waals surface area (Å²) in [6, 6.07) is 0. The third-order valence-corrected chi connectivity index (χ3v) is 3.15. The van der Waals surface area contributed by atoms with Gasteiger partial charge in [-0.05, 0) is 31.6 Å². The van der Waals surface area contributed by atoms with Crippen molar-refractivity contribution in [2.75, 3.05) is 19.7 Å². The Labute approximate surface area is 123 Å². The molecule has 0 aromatic heterocycles. The Hall–Kier alpha value is -1.06. The molecule has 0 rings (SSSR count). The molecule has 0 fully saturated rings. The summed E-state index contributed by atoms with van der Waals surface area (Å²) in [6.45, 7) is 12.3. The molecular formula is C16H31NO3. The van der Waals surface area contributed by atoms with Crippen LogP contribution in [0.4, 0.5) is 0 Å². The predicted molar refractivity (Wildman–Crippen MR) is 81.4 cm³/mol. The summed E-state index contributed by atoms with van der Waals surface area (Å²) in [4.78, 5) is 25.4. The van der Waals surface area contributed by atoms with Crippen molar-refractivity contribution in [3.63, 3.8) is 0 Å². The highest BCUT2D eigenvalue weighted by atomic mass is 16.5. The van der Waals surface area contributed by atoms with Crippen molar-refractivity contribution in [2.24, 2.45) is 11.8 Å². The van der Waals surface area contributed by atoms with Crippen LogP contribution in [0.15, 0.2) is 0 Å². The first-order valence-corrected chi connectivity index (χ1v) is 7.80. The molecule has 0 saturated carbocycles. The molecule has 0 aliphatic rings. The molecule has 0 aromatic rings. The third kappa shape index (κ3) is 9.82. The average Bonchev–Trinajstić information content (AvgIpc) is 2.35. The molecule has 0 aromatic carbocycles. The first kappa shape index (κ1) is 18.9. The Kier molecular flexibility index (Phi) is 10.1. The lowest BCUT2D eigenvalue weighted by Crippen LogP contribution is -2.34. The van der Waals surface area contributed by atoms with Crippen molar-refractivity contribution in [3.8, 4) is 0 Å². The van der Waals surface area contributed by atoms with E-state index < -0.39 is 0 Å². The predicted octanol–water partition coefficient (Wildman–Crippen LogP) is 3.25. The minimum Gasteiger partial charge on any atom is -0.466 e. The number of hydrogen-bond donors (Lipinski definition) is 0. The van der Waals surface area contributed by atoms with Gasteiger partial charge >= 0.3 is 5.97 Å². The number of carbonyl (C=O) groups is 2. The Bertz CT molecular complexity index is 275. The second-order valence-corrected chi connectivity index (χ2v) is 6.05. The average molecular weight is 285 g/mol. The molecule has 0 aliphatic carbocycles. The molecule has 0 unspecified atom stereocenters. The van der Waals surface area contributed by atoms with Gasteiger partial charge in [0.25, 0.3) is 0 Å². The third-order valence-electron chi connectivity index (χ3n) is 3.15. The number of carbonyl (C=O) groups excluding carboxylic acids is 2. The van der Waals surface area contributed by atoms with Crippen molar-refractivity contribution in [3.05, 3.63) is 0 Å². The van der Waals surface area contributed by atoms with E-state index in [1.54, 1.807) is 6.92 Å². The van der Waals surface area contributed by atoms with Gasteiger partial charge in [-0.25, -0.2) is 0 Å². The maximum Gasteiger partial charge on any atom is 0.306 e. The molecule has 0 saturated heterocycles. The molecule has 1 amide bonds. The first-order valence-electron chi connectivity index (χ1n) is 7.80. The van der Waals surface area contributed by atoms with E-state index in [0.29, 0.717) is 18.4 Å². The van der Waals surface area contributed by atoms with E-state index in [-0.39, 0.29) is 24.7 Å². The lowest BCUT2D eigenvalue weighted by Gasteiger charge is -2.24. The Morgan fingerprint density at radius 1 is 0.950 bits per heavy atom. The molecule has 0 bridgehead atoms. The van der Waals surface area contributed by atoms with Gasteiger partial charge < -0.3 is 9.64 Å². The summed E-state index contributed by atoms with van der Waals surface area (Å²) in [5.41, 5.74) is 0. The van der Waals surface area contributed by atoms with E-state index in [2.05, 4.69) is 27.7 Å². The van der Waals surface area contributed by atoms with Gasteiger partial charge in [0.15, 0.2) is 0 Å². The molecule has 118 valence electrons. The lowest BCUT2D eigenvalue weighted by molar-refractivity contribution is -0.145. The van der Waals surface area contributed by atoms with Crippen molar-refractivity contribution < 1.29 is 14.3 Å². The van der Waals surface area contributed by atoms with Gasteiger partial charge in [-0.1, -0.05) is 27.7 Å². The number of nitrogens with zero attached hydrogens (tertiary/aromatic N) is 1. The van der Waals surface area contributed by atoms with Crippen LogP contribution in [0.2, 0.25) is 0 Å². The summed E-state index contributed by atoms with van der Waals surface area (Å²) in [5, 5.41) is 0. The zero-order chi connectivity index (χ0) is 15.5. The van der Waals surface area contributed by atoms with Crippen molar-refractivity contribution in [2.45, 2.75) is 60.3 Å². The molecule has 0 radical (unpaired) electrons. The van der Waals surface area contributed by atoms with Gasteiger partial charge in [0.1, 0.15) is 0 Å². The number of esters is 1. The van der Waals surface area contributed by atoms with Gasteiger partial charge in [0.2, 0.25) is 5.91 Å². The number of ether oxygens (including phenoxy) is 1. The van der Waals surface area contributed by atoms with E-state index in [1.165, 1.54) is 0 Å². The van der Waals surface area contributed by atoms with Crippen LogP contribution in [0, 0.1) is 11.8 Å². The van der Waals surface area contributed by atoms with E-state index >= 15 is 0 Å². The van der Waals surface area contributed by atoms with Crippen LogP contribution in [0.25, 0.3) is 0 Å². The SMILES string of the molecule is CCOC(=O)CCC(=O)N(CCC(C)C)CCC(C)C. The topological polar surface area (TPSA) is 46.6 Å². The molecule has 0 N–H and O–H groups in total. The van der Waals surface area contributed by atoms with Gasteiger partial charge in [-0.15, -0.1) is 0 Å². The van der Waals surface area contributed by atoms with E-state index in [0.717, 1.165) is 25.9 Å². The van der Waals surface area contributed by atoms with Crippen LogP contribution in [0.5, 0.6) is 0 Å². The molecule has 0 aliphatic heterocycles. The summed E-state index contributed by atoms with van der Waals surface area (Å²) in [7, 11) is 0. The second kappa shape index (κ2) is 10.7. The Morgan fingerprint density at radius 3 is 1.85 bits per heavy atom. The van der Waals surface area contributed by atoms with Crippen LogP contribution in [-0.2, 0) is 14.3 Å². The molecular weight excluding hydrogens is 254 g/mol. The van der Waals surface area contributed by atoms with Crippen LogP contribution in [0.1, 0.15) is 60.3 Å². The molecule has 0 heterocycles. The minimum absolute atomic E-state index is 0.0688. The summed E-state index contributed by atoms with van der Waals surface area (Å²) in [5.74, 6) is 0.941. The van der Waals surface area contributed by atoms with Crippen molar-refractivity contribution in [1.29, 1.82) is 0 Å². The summed E-state index contributed by atoms with van der Waals surface area (Å²) in [6.07, 6.45) is 2.45. The zero-order valence-electron chi connectivity index (χ0n) is 13.8. The van der Waals surface area contributed by atoms with Crippen LogP contribution in [0.3, 0.4) is 0 Å². The largest absolute Gasteiger partial charge is 0.466 e.